The van der Waals surface area contributed by atoms with Gasteiger partial charge in [-0.3, -0.25) is 0 Å². The lowest BCUT2D eigenvalue weighted by molar-refractivity contribution is 0.466. The van der Waals surface area contributed by atoms with E-state index in [1.807, 2.05) is 13.0 Å². The molecule has 0 bridgehead atoms. The molecule has 0 fully saturated rings. The molecule has 2 N–H and O–H groups in total. The molecule has 0 saturated carbocycles. The van der Waals surface area contributed by atoms with Crippen molar-refractivity contribution in [3.05, 3.63) is 23.3 Å². The van der Waals surface area contributed by atoms with Crippen molar-refractivity contribution in [3.8, 4) is 5.75 Å². The number of aryl methyl sites for hydroxylation is 1. The SMILES string of the molecule is Cc1cc(O)c2c(c1)NCCC2. The van der Waals surface area contributed by atoms with Gasteiger partial charge >= 0.3 is 0 Å². The lowest BCUT2D eigenvalue weighted by Crippen LogP contribution is -2.11. The molecule has 1 aliphatic rings. The van der Waals surface area contributed by atoms with E-state index < -0.39 is 0 Å². The maximum absolute atomic E-state index is 9.60. The van der Waals surface area contributed by atoms with Crippen LogP contribution in [-0.2, 0) is 6.42 Å². The summed E-state index contributed by atoms with van der Waals surface area (Å²) in [5.41, 5.74) is 3.30. The molecule has 64 valence electrons. The molecule has 1 aromatic rings. The molecule has 1 heterocycles. The largest absolute Gasteiger partial charge is 0.508 e. The van der Waals surface area contributed by atoms with Crippen molar-refractivity contribution in [1.82, 2.24) is 0 Å². The van der Waals surface area contributed by atoms with Gasteiger partial charge in [0.1, 0.15) is 5.75 Å². The maximum atomic E-state index is 9.60. The number of rotatable bonds is 0. The Morgan fingerprint density at radius 3 is 3.08 bits per heavy atom. The van der Waals surface area contributed by atoms with Gasteiger partial charge in [0.25, 0.3) is 0 Å². The molecular formula is C10H13NO. The Kier molecular flexibility index (Phi) is 1.68. The third-order valence-corrected chi connectivity index (χ3v) is 2.29. The van der Waals surface area contributed by atoms with E-state index >= 15 is 0 Å². The van der Waals surface area contributed by atoms with Gasteiger partial charge in [0.05, 0.1) is 0 Å². The van der Waals surface area contributed by atoms with E-state index in [1.165, 1.54) is 0 Å². The van der Waals surface area contributed by atoms with Crippen molar-refractivity contribution >= 4 is 5.69 Å². The highest BCUT2D eigenvalue weighted by Gasteiger charge is 2.12. The van der Waals surface area contributed by atoms with Crippen molar-refractivity contribution in [2.75, 3.05) is 11.9 Å². The Morgan fingerprint density at radius 1 is 1.42 bits per heavy atom. The van der Waals surface area contributed by atoms with Crippen LogP contribution in [0, 0.1) is 6.92 Å². The van der Waals surface area contributed by atoms with Gasteiger partial charge in [-0.15, -0.1) is 0 Å². The Morgan fingerprint density at radius 2 is 2.25 bits per heavy atom. The van der Waals surface area contributed by atoms with E-state index in [2.05, 4.69) is 11.4 Å². The quantitative estimate of drug-likeness (QED) is 0.613. The molecule has 2 heteroatoms. The Balaban J connectivity index is 2.53. The number of hydrogen-bond acceptors (Lipinski definition) is 2. The number of anilines is 1. The fourth-order valence-electron chi connectivity index (χ4n) is 1.71. The molecule has 2 rings (SSSR count). The van der Waals surface area contributed by atoms with E-state index in [-0.39, 0.29) is 0 Å². The van der Waals surface area contributed by atoms with Crippen LogP contribution in [0.1, 0.15) is 17.5 Å². The third-order valence-electron chi connectivity index (χ3n) is 2.29. The number of phenols is 1. The Hall–Kier alpha value is -1.18. The van der Waals surface area contributed by atoms with E-state index in [0.29, 0.717) is 5.75 Å². The minimum Gasteiger partial charge on any atom is -0.508 e. The van der Waals surface area contributed by atoms with Crippen molar-refractivity contribution in [2.24, 2.45) is 0 Å². The molecule has 0 atom stereocenters. The molecule has 0 spiro atoms. The molecule has 0 saturated heterocycles. The van der Waals surface area contributed by atoms with Crippen LogP contribution in [0.25, 0.3) is 0 Å². The van der Waals surface area contributed by atoms with Crippen LogP contribution in [0.3, 0.4) is 0 Å². The fourth-order valence-corrected chi connectivity index (χ4v) is 1.71. The predicted octanol–water partition coefficient (Wildman–Crippen LogP) is 2.06. The van der Waals surface area contributed by atoms with Crippen molar-refractivity contribution in [2.45, 2.75) is 19.8 Å². The number of benzene rings is 1. The highest BCUT2D eigenvalue weighted by molar-refractivity contribution is 5.60. The summed E-state index contributed by atoms with van der Waals surface area (Å²) >= 11 is 0. The second-order valence-corrected chi connectivity index (χ2v) is 3.34. The van der Waals surface area contributed by atoms with Crippen LogP contribution in [-0.4, -0.2) is 11.7 Å². The van der Waals surface area contributed by atoms with Gasteiger partial charge in [-0.05, 0) is 37.5 Å². The molecule has 0 radical (unpaired) electrons. The summed E-state index contributed by atoms with van der Waals surface area (Å²) in [5, 5.41) is 12.9. The average Bonchev–Trinajstić information content (AvgIpc) is 2.04. The van der Waals surface area contributed by atoms with Crippen LogP contribution in [0.5, 0.6) is 5.75 Å². The minimum absolute atomic E-state index is 0.442. The summed E-state index contributed by atoms with van der Waals surface area (Å²) in [7, 11) is 0. The second kappa shape index (κ2) is 2.70. The Labute approximate surface area is 72.2 Å². The summed E-state index contributed by atoms with van der Waals surface area (Å²) in [4.78, 5) is 0. The summed E-state index contributed by atoms with van der Waals surface area (Å²) < 4.78 is 0. The summed E-state index contributed by atoms with van der Waals surface area (Å²) in [6, 6.07) is 3.92. The van der Waals surface area contributed by atoms with Gasteiger partial charge < -0.3 is 10.4 Å². The number of nitrogens with one attached hydrogen (secondary N) is 1. The number of phenolic OH excluding ortho intramolecular Hbond substituents is 1. The Bertz CT molecular complexity index is 307. The lowest BCUT2D eigenvalue weighted by Gasteiger charge is -2.19. The highest BCUT2D eigenvalue weighted by Crippen LogP contribution is 2.31. The highest BCUT2D eigenvalue weighted by atomic mass is 16.3. The summed E-state index contributed by atoms with van der Waals surface area (Å²) in [6.07, 6.45) is 2.11. The molecule has 1 aromatic carbocycles. The topological polar surface area (TPSA) is 32.3 Å². The van der Waals surface area contributed by atoms with Crippen LogP contribution in [0.2, 0.25) is 0 Å². The molecule has 12 heavy (non-hydrogen) atoms. The molecule has 0 aliphatic carbocycles. The zero-order valence-corrected chi connectivity index (χ0v) is 7.22. The van der Waals surface area contributed by atoms with Gasteiger partial charge in [0, 0.05) is 17.8 Å². The first-order valence-corrected chi connectivity index (χ1v) is 4.34. The van der Waals surface area contributed by atoms with E-state index in [9.17, 15) is 5.11 Å². The van der Waals surface area contributed by atoms with Gasteiger partial charge in [0.2, 0.25) is 0 Å². The summed E-state index contributed by atoms with van der Waals surface area (Å²) in [5.74, 6) is 0.442. The smallest absolute Gasteiger partial charge is 0.121 e. The van der Waals surface area contributed by atoms with Gasteiger partial charge in [0.15, 0.2) is 0 Å². The molecule has 0 amide bonds. The molecule has 0 aromatic heterocycles. The average molecular weight is 163 g/mol. The summed E-state index contributed by atoms with van der Waals surface area (Å²) in [6.45, 7) is 3.02. The lowest BCUT2D eigenvalue weighted by atomic mass is 10.0. The van der Waals surface area contributed by atoms with Crippen LogP contribution in [0.15, 0.2) is 12.1 Å². The normalized spacial score (nSPS) is 15.1. The zero-order valence-electron chi connectivity index (χ0n) is 7.22. The van der Waals surface area contributed by atoms with Crippen LogP contribution in [0.4, 0.5) is 5.69 Å². The molecule has 2 nitrogen and oxygen atoms in total. The van der Waals surface area contributed by atoms with Crippen molar-refractivity contribution < 1.29 is 5.11 Å². The van der Waals surface area contributed by atoms with E-state index in [1.54, 1.807) is 0 Å². The minimum atomic E-state index is 0.442. The number of hydrogen-bond donors (Lipinski definition) is 2. The van der Waals surface area contributed by atoms with Crippen LogP contribution < -0.4 is 5.32 Å². The van der Waals surface area contributed by atoms with Crippen LogP contribution >= 0.6 is 0 Å². The standard InChI is InChI=1S/C10H13NO/c1-7-5-9-8(10(12)6-7)3-2-4-11-9/h5-6,11-12H,2-4H2,1H3. The second-order valence-electron chi connectivity index (χ2n) is 3.34. The van der Waals surface area contributed by atoms with E-state index in [4.69, 9.17) is 0 Å². The van der Waals surface area contributed by atoms with Gasteiger partial charge in [-0.25, -0.2) is 0 Å². The monoisotopic (exact) mass is 163 g/mol. The first-order valence-electron chi connectivity index (χ1n) is 4.34. The fraction of sp³-hybridized carbons (Fsp3) is 0.400. The van der Waals surface area contributed by atoms with Crippen molar-refractivity contribution in [3.63, 3.8) is 0 Å². The molecular weight excluding hydrogens is 150 g/mol. The van der Waals surface area contributed by atoms with Gasteiger partial charge in [-0.2, -0.15) is 0 Å². The zero-order chi connectivity index (χ0) is 8.55. The predicted molar refractivity (Wildman–Crippen MR) is 49.7 cm³/mol. The van der Waals surface area contributed by atoms with E-state index in [0.717, 1.165) is 36.2 Å². The number of aromatic hydroxyl groups is 1. The third kappa shape index (κ3) is 1.13. The number of fused-ring (bicyclic) bond motifs is 1. The maximum Gasteiger partial charge on any atom is 0.121 e. The molecule has 1 aliphatic heterocycles. The first kappa shape index (κ1) is 7.47. The van der Waals surface area contributed by atoms with Crippen molar-refractivity contribution in [1.29, 1.82) is 0 Å². The first-order chi connectivity index (χ1) is 5.77. The molecule has 0 unspecified atom stereocenters. The van der Waals surface area contributed by atoms with Gasteiger partial charge in [-0.1, -0.05) is 0 Å².